The van der Waals surface area contributed by atoms with Crippen molar-refractivity contribution in [1.29, 1.82) is 0 Å². The Bertz CT molecular complexity index is 651. The molecule has 1 N–H and O–H groups in total. The van der Waals surface area contributed by atoms with E-state index in [1.54, 1.807) is 12.1 Å². The molecule has 1 amide bonds. The number of furan rings is 1. The van der Waals surface area contributed by atoms with E-state index in [1.165, 1.54) is 6.26 Å². The van der Waals surface area contributed by atoms with Crippen LogP contribution in [0.1, 0.15) is 31.2 Å². The van der Waals surface area contributed by atoms with E-state index in [2.05, 4.69) is 5.32 Å². The first-order valence-corrected chi connectivity index (χ1v) is 8.40. The zero-order chi connectivity index (χ0) is 18.1. The first-order valence-electron chi connectivity index (χ1n) is 8.40. The van der Waals surface area contributed by atoms with Crippen molar-refractivity contribution in [3.8, 4) is 0 Å². The van der Waals surface area contributed by atoms with E-state index < -0.39 is 12.0 Å². The molecule has 25 heavy (non-hydrogen) atoms. The topological polar surface area (TPSA) is 71.8 Å². The van der Waals surface area contributed by atoms with Gasteiger partial charge in [-0.3, -0.25) is 9.69 Å². The quantitative estimate of drug-likeness (QED) is 0.708. The minimum Gasteiger partial charge on any atom is -0.467 e. The maximum absolute atomic E-state index is 12.6. The van der Waals surface area contributed by atoms with Crippen molar-refractivity contribution in [2.75, 3.05) is 19.7 Å². The summed E-state index contributed by atoms with van der Waals surface area (Å²) in [4.78, 5) is 26.4. The molecule has 0 radical (unpaired) electrons. The number of rotatable bonds is 9. The lowest BCUT2D eigenvalue weighted by Gasteiger charge is -2.28. The molecule has 2 aromatic rings. The second-order valence-electron chi connectivity index (χ2n) is 5.50. The van der Waals surface area contributed by atoms with E-state index in [4.69, 9.17) is 9.15 Å². The monoisotopic (exact) mass is 344 g/mol. The molecule has 1 heterocycles. The molecule has 134 valence electrons. The minimum absolute atomic E-state index is 0.265. The van der Waals surface area contributed by atoms with Gasteiger partial charge in [-0.2, -0.15) is 0 Å². The molecule has 1 aromatic carbocycles. The van der Waals surface area contributed by atoms with E-state index in [1.807, 2.05) is 49.1 Å². The highest BCUT2D eigenvalue weighted by Gasteiger charge is 2.27. The summed E-state index contributed by atoms with van der Waals surface area (Å²) in [5, 5.41) is 2.65. The van der Waals surface area contributed by atoms with Crippen molar-refractivity contribution in [3.63, 3.8) is 0 Å². The third-order valence-electron chi connectivity index (χ3n) is 3.90. The molecule has 1 atom stereocenters. The van der Waals surface area contributed by atoms with Gasteiger partial charge in [0.15, 0.2) is 6.61 Å². The van der Waals surface area contributed by atoms with Gasteiger partial charge in [0, 0.05) is 0 Å². The van der Waals surface area contributed by atoms with E-state index in [0.717, 1.165) is 5.56 Å². The lowest BCUT2D eigenvalue weighted by atomic mass is 10.1. The Balaban J connectivity index is 1.93. The maximum atomic E-state index is 12.6. The fraction of sp³-hybridized carbons (Fsp3) is 0.368. The highest BCUT2D eigenvalue weighted by molar-refractivity contribution is 5.83. The predicted molar refractivity (Wildman–Crippen MR) is 93.6 cm³/mol. The minimum atomic E-state index is -0.519. The molecule has 1 unspecified atom stereocenters. The number of hydrogen-bond donors (Lipinski definition) is 1. The molecule has 2 rings (SSSR count). The standard InChI is InChI=1S/C19H24N2O4/c1-3-21(4-2)18(15-9-6-5-7-10-15)19(23)25-14-17(22)20-13-16-11-8-12-24-16/h5-12,18H,3-4,13-14H2,1-2H3,(H,20,22). The van der Waals surface area contributed by atoms with Crippen LogP contribution in [-0.2, 0) is 20.9 Å². The van der Waals surface area contributed by atoms with Crippen LogP contribution in [0.15, 0.2) is 53.1 Å². The van der Waals surface area contributed by atoms with Crippen molar-refractivity contribution in [3.05, 3.63) is 60.1 Å². The Morgan fingerprint density at radius 3 is 2.44 bits per heavy atom. The largest absolute Gasteiger partial charge is 0.467 e. The van der Waals surface area contributed by atoms with Crippen molar-refractivity contribution in [2.24, 2.45) is 0 Å². The highest BCUT2D eigenvalue weighted by atomic mass is 16.5. The van der Waals surface area contributed by atoms with Crippen LogP contribution in [0.25, 0.3) is 0 Å². The Labute approximate surface area is 147 Å². The zero-order valence-electron chi connectivity index (χ0n) is 14.6. The van der Waals surface area contributed by atoms with E-state index in [0.29, 0.717) is 18.8 Å². The fourth-order valence-corrected chi connectivity index (χ4v) is 2.59. The van der Waals surface area contributed by atoms with Crippen molar-refractivity contribution in [2.45, 2.75) is 26.4 Å². The van der Waals surface area contributed by atoms with Crippen LogP contribution < -0.4 is 5.32 Å². The molecule has 0 saturated carbocycles. The van der Waals surface area contributed by atoms with Crippen molar-refractivity contribution in [1.82, 2.24) is 10.2 Å². The van der Waals surface area contributed by atoms with Crippen LogP contribution in [0.4, 0.5) is 0 Å². The molecule has 6 heteroatoms. The van der Waals surface area contributed by atoms with Gasteiger partial charge >= 0.3 is 5.97 Å². The fourth-order valence-electron chi connectivity index (χ4n) is 2.59. The van der Waals surface area contributed by atoms with Gasteiger partial charge in [0.05, 0.1) is 12.8 Å². The summed E-state index contributed by atoms with van der Waals surface area (Å²) >= 11 is 0. The molecular weight excluding hydrogens is 320 g/mol. The predicted octanol–water partition coefficient (Wildman–Crippen LogP) is 2.52. The van der Waals surface area contributed by atoms with E-state index in [9.17, 15) is 9.59 Å². The number of hydrogen-bond acceptors (Lipinski definition) is 5. The summed E-state index contributed by atoms with van der Waals surface area (Å²) in [7, 11) is 0. The Hall–Kier alpha value is -2.60. The van der Waals surface area contributed by atoms with Crippen LogP contribution in [0.3, 0.4) is 0 Å². The van der Waals surface area contributed by atoms with Crippen LogP contribution in [0, 0.1) is 0 Å². The van der Waals surface area contributed by atoms with Crippen molar-refractivity contribution >= 4 is 11.9 Å². The normalized spacial score (nSPS) is 12.0. The van der Waals surface area contributed by atoms with Gasteiger partial charge in [-0.25, -0.2) is 4.79 Å². The van der Waals surface area contributed by atoms with Gasteiger partial charge in [-0.05, 0) is 30.8 Å². The van der Waals surface area contributed by atoms with Gasteiger partial charge in [-0.15, -0.1) is 0 Å². The number of carbonyl (C=O) groups is 2. The number of carbonyl (C=O) groups excluding carboxylic acids is 2. The molecule has 0 fully saturated rings. The van der Waals surface area contributed by atoms with E-state index >= 15 is 0 Å². The zero-order valence-corrected chi connectivity index (χ0v) is 14.6. The molecule has 0 saturated heterocycles. The lowest BCUT2D eigenvalue weighted by Crippen LogP contribution is -2.37. The van der Waals surface area contributed by atoms with Gasteiger partial charge in [-0.1, -0.05) is 44.2 Å². The molecule has 0 aliphatic rings. The number of amides is 1. The Kier molecular flexibility index (Phi) is 7.22. The van der Waals surface area contributed by atoms with Crippen LogP contribution in [0.5, 0.6) is 0 Å². The second-order valence-corrected chi connectivity index (χ2v) is 5.50. The summed E-state index contributed by atoms with van der Waals surface area (Å²) < 4.78 is 10.4. The number of likely N-dealkylation sites (N-methyl/N-ethyl adjacent to an activating group) is 1. The van der Waals surface area contributed by atoms with Gasteiger partial charge in [0.1, 0.15) is 11.8 Å². The number of benzene rings is 1. The summed E-state index contributed by atoms with van der Waals surface area (Å²) in [6.45, 7) is 5.34. The summed E-state index contributed by atoms with van der Waals surface area (Å²) in [6, 6.07) is 12.4. The maximum Gasteiger partial charge on any atom is 0.328 e. The third-order valence-corrected chi connectivity index (χ3v) is 3.90. The highest BCUT2D eigenvalue weighted by Crippen LogP contribution is 2.21. The molecule has 0 aliphatic carbocycles. The summed E-state index contributed by atoms with van der Waals surface area (Å²) in [5.74, 6) is -0.149. The summed E-state index contributed by atoms with van der Waals surface area (Å²) in [5.41, 5.74) is 0.854. The average molecular weight is 344 g/mol. The number of nitrogens with one attached hydrogen (secondary N) is 1. The molecule has 1 aromatic heterocycles. The smallest absolute Gasteiger partial charge is 0.328 e. The Morgan fingerprint density at radius 1 is 1.12 bits per heavy atom. The van der Waals surface area contributed by atoms with Crippen LogP contribution in [-0.4, -0.2) is 36.5 Å². The Morgan fingerprint density at radius 2 is 1.84 bits per heavy atom. The molecule has 0 aliphatic heterocycles. The van der Waals surface area contributed by atoms with Crippen LogP contribution >= 0.6 is 0 Å². The van der Waals surface area contributed by atoms with E-state index in [-0.39, 0.29) is 19.1 Å². The van der Waals surface area contributed by atoms with Crippen LogP contribution in [0.2, 0.25) is 0 Å². The number of esters is 1. The molecule has 0 bridgehead atoms. The number of ether oxygens (including phenoxy) is 1. The molecule has 6 nitrogen and oxygen atoms in total. The van der Waals surface area contributed by atoms with Crippen molar-refractivity contribution < 1.29 is 18.7 Å². The van der Waals surface area contributed by atoms with Gasteiger partial charge < -0.3 is 14.5 Å². The average Bonchev–Trinajstić information content (AvgIpc) is 3.16. The SMILES string of the molecule is CCN(CC)C(C(=O)OCC(=O)NCc1ccco1)c1ccccc1. The molecular formula is C19H24N2O4. The first-order chi connectivity index (χ1) is 12.2. The summed E-state index contributed by atoms with van der Waals surface area (Å²) in [6.07, 6.45) is 1.54. The van der Waals surface area contributed by atoms with Gasteiger partial charge in [0.2, 0.25) is 0 Å². The lowest BCUT2D eigenvalue weighted by molar-refractivity contribution is -0.154. The third kappa shape index (κ3) is 5.46. The molecule has 0 spiro atoms. The first kappa shape index (κ1) is 18.7. The second kappa shape index (κ2) is 9.64. The number of nitrogens with zero attached hydrogens (tertiary/aromatic N) is 1. The van der Waals surface area contributed by atoms with Gasteiger partial charge in [0.25, 0.3) is 5.91 Å².